The second kappa shape index (κ2) is 7.63. The number of hydrogen-bond acceptors (Lipinski definition) is 4. The third-order valence-corrected chi connectivity index (χ3v) is 2.73. The highest BCUT2D eigenvalue weighted by atomic mass is 16.5. The lowest BCUT2D eigenvalue weighted by atomic mass is 10.1. The Morgan fingerprint density at radius 1 is 1.32 bits per heavy atom. The Balaban J connectivity index is 2.40. The average molecular weight is 267 g/mol. The first kappa shape index (κ1) is 15.3. The summed E-state index contributed by atoms with van der Waals surface area (Å²) in [5.74, 6) is 0.514. The molecule has 2 N–H and O–H groups in total. The number of rotatable bonds is 8. The van der Waals surface area contributed by atoms with E-state index in [1.165, 1.54) is 0 Å². The van der Waals surface area contributed by atoms with E-state index in [0.717, 1.165) is 0 Å². The molecule has 0 saturated heterocycles. The molecular weight excluding hydrogens is 246 g/mol. The summed E-state index contributed by atoms with van der Waals surface area (Å²) in [6, 6.07) is 6.80. The van der Waals surface area contributed by atoms with Crippen molar-refractivity contribution >= 4 is 5.97 Å². The van der Waals surface area contributed by atoms with Gasteiger partial charge in [0.2, 0.25) is 0 Å². The highest BCUT2D eigenvalue weighted by Crippen LogP contribution is 2.25. The lowest BCUT2D eigenvalue weighted by molar-refractivity contribution is -0.140. The van der Waals surface area contributed by atoms with Crippen molar-refractivity contribution in [3.8, 4) is 11.5 Å². The van der Waals surface area contributed by atoms with Crippen molar-refractivity contribution in [3.63, 3.8) is 0 Å². The van der Waals surface area contributed by atoms with Gasteiger partial charge in [-0.25, -0.2) is 0 Å². The molecule has 0 bridgehead atoms. The van der Waals surface area contributed by atoms with E-state index in [4.69, 9.17) is 14.6 Å². The van der Waals surface area contributed by atoms with Gasteiger partial charge in [0.15, 0.2) is 11.5 Å². The summed E-state index contributed by atoms with van der Waals surface area (Å²) in [7, 11) is 1.58. The van der Waals surface area contributed by atoms with Gasteiger partial charge in [-0.05, 0) is 18.1 Å². The number of ether oxygens (including phenoxy) is 2. The summed E-state index contributed by atoms with van der Waals surface area (Å²) < 4.78 is 10.7. The van der Waals surface area contributed by atoms with Gasteiger partial charge in [0, 0.05) is 6.54 Å². The van der Waals surface area contributed by atoms with Gasteiger partial charge in [0.1, 0.15) is 12.6 Å². The fraction of sp³-hybridized carbons (Fsp3) is 0.500. The number of hydrogen-bond donors (Lipinski definition) is 2. The Bertz CT molecular complexity index is 406. The van der Waals surface area contributed by atoms with Crippen LogP contribution in [-0.2, 0) is 4.79 Å². The number of carboxylic acid groups (broad SMARTS) is 1. The molecule has 1 rings (SSSR count). The lowest BCUT2D eigenvalue weighted by Crippen LogP contribution is -2.42. The fourth-order valence-corrected chi connectivity index (χ4v) is 1.72. The summed E-state index contributed by atoms with van der Waals surface area (Å²) in [6.07, 6.45) is 0. The molecule has 106 valence electrons. The number of aliphatic carboxylic acids is 1. The molecule has 0 heterocycles. The van der Waals surface area contributed by atoms with Gasteiger partial charge in [0.25, 0.3) is 0 Å². The fourth-order valence-electron chi connectivity index (χ4n) is 1.72. The molecule has 0 aliphatic heterocycles. The van der Waals surface area contributed by atoms with Crippen LogP contribution < -0.4 is 14.8 Å². The summed E-state index contributed by atoms with van der Waals surface area (Å²) in [5, 5.41) is 12.0. The second-order valence-corrected chi connectivity index (χ2v) is 4.51. The molecule has 0 aliphatic carbocycles. The van der Waals surface area contributed by atoms with Crippen LogP contribution in [0.15, 0.2) is 24.3 Å². The van der Waals surface area contributed by atoms with Crippen LogP contribution in [0.2, 0.25) is 0 Å². The molecule has 1 aromatic carbocycles. The normalized spacial score (nSPS) is 12.2. The van der Waals surface area contributed by atoms with E-state index in [9.17, 15) is 4.79 Å². The third kappa shape index (κ3) is 4.79. The molecule has 5 heteroatoms. The molecule has 1 unspecified atom stereocenters. The summed E-state index contributed by atoms with van der Waals surface area (Å²) in [5.41, 5.74) is 0. The zero-order chi connectivity index (χ0) is 14.3. The molecule has 0 aromatic heterocycles. The minimum atomic E-state index is -0.840. The van der Waals surface area contributed by atoms with Gasteiger partial charge < -0.3 is 19.9 Å². The highest BCUT2D eigenvalue weighted by Gasteiger charge is 2.20. The lowest BCUT2D eigenvalue weighted by Gasteiger charge is -2.18. The Morgan fingerprint density at radius 3 is 2.47 bits per heavy atom. The van der Waals surface area contributed by atoms with Gasteiger partial charge in [0.05, 0.1) is 7.11 Å². The number of nitrogens with one attached hydrogen (secondary N) is 1. The topological polar surface area (TPSA) is 67.8 Å². The molecule has 1 aromatic rings. The first-order valence-corrected chi connectivity index (χ1v) is 6.28. The molecule has 5 nitrogen and oxygen atoms in total. The van der Waals surface area contributed by atoms with Gasteiger partial charge in [-0.2, -0.15) is 0 Å². The maximum Gasteiger partial charge on any atom is 0.320 e. The Labute approximate surface area is 113 Å². The van der Waals surface area contributed by atoms with Crippen molar-refractivity contribution in [1.29, 1.82) is 0 Å². The molecule has 19 heavy (non-hydrogen) atoms. The van der Waals surface area contributed by atoms with Gasteiger partial charge >= 0.3 is 5.97 Å². The molecule has 0 spiro atoms. The Hall–Kier alpha value is -1.75. The SMILES string of the molecule is COc1ccccc1OCCNC(C(=O)O)C(C)C. The first-order valence-electron chi connectivity index (χ1n) is 6.28. The van der Waals surface area contributed by atoms with E-state index >= 15 is 0 Å². The van der Waals surface area contributed by atoms with Crippen molar-refractivity contribution in [2.75, 3.05) is 20.3 Å². The maximum absolute atomic E-state index is 11.0. The van der Waals surface area contributed by atoms with E-state index < -0.39 is 12.0 Å². The van der Waals surface area contributed by atoms with Crippen LogP contribution >= 0.6 is 0 Å². The smallest absolute Gasteiger partial charge is 0.320 e. The predicted molar refractivity (Wildman–Crippen MR) is 72.8 cm³/mol. The van der Waals surface area contributed by atoms with Crippen molar-refractivity contribution in [1.82, 2.24) is 5.32 Å². The Kier molecular flexibility index (Phi) is 6.15. The van der Waals surface area contributed by atoms with Crippen molar-refractivity contribution < 1.29 is 19.4 Å². The van der Waals surface area contributed by atoms with Crippen LogP contribution in [0.1, 0.15) is 13.8 Å². The minimum absolute atomic E-state index is 0.0313. The number of para-hydroxylation sites is 2. The van der Waals surface area contributed by atoms with E-state index in [1.54, 1.807) is 7.11 Å². The second-order valence-electron chi connectivity index (χ2n) is 4.51. The van der Waals surface area contributed by atoms with Crippen molar-refractivity contribution in [2.24, 2.45) is 5.92 Å². The highest BCUT2D eigenvalue weighted by molar-refractivity contribution is 5.73. The third-order valence-electron chi connectivity index (χ3n) is 2.73. The molecule has 0 radical (unpaired) electrons. The van der Waals surface area contributed by atoms with Crippen LogP contribution in [0, 0.1) is 5.92 Å². The van der Waals surface area contributed by atoms with Gasteiger partial charge in [-0.1, -0.05) is 26.0 Å². The van der Waals surface area contributed by atoms with Crippen molar-refractivity contribution in [2.45, 2.75) is 19.9 Å². The Morgan fingerprint density at radius 2 is 1.95 bits per heavy atom. The largest absolute Gasteiger partial charge is 0.493 e. The zero-order valence-corrected chi connectivity index (χ0v) is 11.6. The number of carbonyl (C=O) groups is 1. The van der Waals surface area contributed by atoms with Gasteiger partial charge in [-0.3, -0.25) is 4.79 Å². The van der Waals surface area contributed by atoms with Gasteiger partial charge in [-0.15, -0.1) is 0 Å². The monoisotopic (exact) mass is 267 g/mol. The summed E-state index contributed by atoms with van der Waals surface area (Å²) in [4.78, 5) is 11.0. The van der Waals surface area contributed by atoms with Crippen LogP contribution in [0.3, 0.4) is 0 Å². The minimum Gasteiger partial charge on any atom is -0.493 e. The van der Waals surface area contributed by atoms with E-state index in [2.05, 4.69) is 5.32 Å². The summed E-state index contributed by atoms with van der Waals surface area (Å²) in [6.45, 7) is 4.59. The van der Waals surface area contributed by atoms with E-state index in [1.807, 2.05) is 38.1 Å². The summed E-state index contributed by atoms with van der Waals surface area (Å²) >= 11 is 0. The van der Waals surface area contributed by atoms with Crippen LogP contribution in [0.5, 0.6) is 11.5 Å². The molecule has 0 aliphatic rings. The predicted octanol–water partition coefficient (Wildman–Crippen LogP) is 1.77. The van der Waals surface area contributed by atoms with Crippen LogP contribution in [-0.4, -0.2) is 37.4 Å². The van der Waals surface area contributed by atoms with Crippen LogP contribution in [0.4, 0.5) is 0 Å². The maximum atomic E-state index is 11.0. The first-order chi connectivity index (χ1) is 9.06. The average Bonchev–Trinajstić information content (AvgIpc) is 2.38. The van der Waals surface area contributed by atoms with E-state index in [-0.39, 0.29) is 5.92 Å². The molecule has 0 saturated carbocycles. The standard InChI is InChI=1S/C14H21NO4/c1-10(2)13(14(16)17)15-8-9-19-12-7-5-4-6-11(12)18-3/h4-7,10,13,15H,8-9H2,1-3H3,(H,16,17). The van der Waals surface area contributed by atoms with Crippen LogP contribution in [0.25, 0.3) is 0 Å². The number of benzene rings is 1. The zero-order valence-electron chi connectivity index (χ0n) is 11.6. The molecule has 0 amide bonds. The number of carboxylic acids is 1. The number of methoxy groups -OCH3 is 1. The molecule has 0 fully saturated rings. The molecular formula is C14H21NO4. The molecule has 1 atom stereocenters. The van der Waals surface area contributed by atoms with Crippen molar-refractivity contribution in [3.05, 3.63) is 24.3 Å². The van der Waals surface area contributed by atoms with E-state index in [0.29, 0.717) is 24.7 Å². The quantitative estimate of drug-likeness (QED) is 0.703.